The second-order valence-corrected chi connectivity index (χ2v) is 9.62. The number of rotatable bonds is 7. The molecule has 1 aromatic heterocycles. The van der Waals surface area contributed by atoms with Crippen molar-refractivity contribution in [3.63, 3.8) is 0 Å². The van der Waals surface area contributed by atoms with Crippen LogP contribution in [-0.4, -0.2) is 26.6 Å². The molecule has 0 aliphatic carbocycles. The third kappa shape index (κ3) is 4.65. The zero-order valence-electron chi connectivity index (χ0n) is 14.9. The van der Waals surface area contributed by atoms with Crippen molar-refractivity contribution in [1.29, 1.82) is 0 Å². The van der Waals surface area contributed by atoms with Gasteiger partial charge in [0.2, 0.25) is 15.9 Å². The number of nitrogens with zero attached hydrogens (tertiary/aromatic N) is 1. The molecule has 3 rings (SSSR count). The van der Waals surface area contributed by atoms with Gasteiger partial charge in [-0.15, -0.1) is 11.3 Å². The number of anilines is 2. The van der Waals surface area contributed by atoms with Crippen molar-refractivity contribution < 1.29 is 13.2 Å². The van der Waals surface area contributed by atoms with E-state index in [9.17, 15) is 13.2 Å². The summed E-state index contributed by atoms with van der Waals surface area (Å²) in [7, 11) is -3.22. The molecule has 1 saturated heterocycles. The van der Waals surface area contributed by atoms with Crippen LogP contribution < -0.4 is 9.62 Å². The number of sulfonamides is 1. The summed E-state index contributed by atoms with van der Waals surface area (Å²) in [6.07, 6.45) is 3.94. The predicted molar refractivity (Wildman–Crippen MR) is 107 cm³/mol. The van der Waals surface area contributed by atoms with Gasteiger partial charge in [0.05, 0.1) is 11.4 Å². The van der Waals surface area contributed by atoms with Gasteiger partial charge in [0, 0.05) is 23.5 Å². The number of hydrogen-bond acceptors (Lipinski definition) is 4. The van der Waals surface area contributed by atoms with Crippen LogP contribution in [0.1, 0.15) is 36.1 Å². The Bertz CT molecular complexity index is 861. The van der Waals surface area contributed by atoms with Gasteiger partial charge >= 0.3 is 0 Å². The summed E-state index contributed by atoms with van der Waals surface area (Å²) in [5.41, 5.74) is 2.24. The number of benzene rings is 1. The van der Waals surface area contributed by atoms with Crippen molar-refractivity contribution in [1.82, 2.24) is 0 Å². The van der Waals surface area contributed by atoms with Gasteiger partial charge in [0.25, 0.3) is 0 Å². The van der Waals surface area contributed by atoms with Crippen LogP contribution in [-0.2, 0) is 21.2 Å². The number of carbonyl (C=O) groups excluding carboxylic acids is 1. The smallest absolute Gasteiger partial charge is 0.235 e. The number of carbonyl (C=O) groups is 1. The third-order valence-electron chi connectivity index (χ3n) is 4.54. The summed E-state index contributed by atoms with van der Waals surface area (Å²) in [4.78, 5) is 13.6. The first kappa shape index (κ1) is 18.9. The summed E-state index contributed by atoms with van der Waals surface area (Å²) in [6, 6.07) is 9.58. The first-order chi connectivity index (χ1) is 12.5. The molecule has 0 spiro atoms. The van der Waals surface area contributed by atoms with Crippen LogP contribution in [0.25, 0.3) is 0 Å². The topological polar surface area (TPSA) is 66.5 Å². The van der Waals surface area contributed by atoms with E-state index >= 15 is 0 Å². The quantitative estimate of drug-likeness (QED) is 0.726. The molecule has 2 heterocycles. The normalized spacial score (nSPS) is 16.0. The second kappa shape index (κ2) is 8.22. The molecule has 0 radical (unpaired) electrons. The van der Waals surface area contributed by atoms with Crippen LogP contribution in [0.3, 0.4) is 0 Å². The summed E-state index contributed by atoms with van der Waals surface area (Å²) in [5, 5.41) is 5.01. The largest absolute Gasteiger partial charge is 0.326 e. The van der Waals surface area contributed by atoms with Gasteiger partial charge in [-0.2, -0.15) is 0 Å². The third-order valence-corrected chi connectivity index (χ3v) is 7.35. The molecule has 0 saturated carbocycles. The van der Waals surface area contributed by atoms with Crippen LogP contribution >= 0.6 is 11.3 Å². The number of amides is 1. The van der Waals surface area contributed by atoms with Crippen molar-refractivity contribution in [3.8, 4) is 0 Å². The monoisotopic (exact) mass is 392 g/mol. The molecule has 1 N–H and O–H groups in total. The van der Waals surface area contributed by atoms with Crippen LogP contribution in [0.4, 0.5) is 11.4 Å². The second-order valence-electron chi connectivity index (χ2n) is 6.58. The minimum atomic E-state index is -3.22. The molecule has 0 atom stereocenters. The fourth-order valence-corrected chi connectivity index (χ4v) is 5.39. The van der Waals surface area contributed by atoms with Crippen LogP contribution in [0, 0.1) is 6.92 Å². The number of unbranched alkanes of at least 4 members (excludes halogenated alkanes) is 1. The first-order valence-corrected chi connectivity index (χ1v) is 11.4. The lowest BCUT2D eigenvalue weighted by molar-refractivity contribution is -0.116. The Morgan fingerprint density at radius 3 is 2.81 bits per heavy atom. The SMILES string of the molecule is Cc1ccc(N2CCCS2(=O)=O)cc1NC(=O)CCCCc1cccs1. The molecule has 7 heteroatoms. The highest BCUT2D eigenvalue weighted by atomic mass is 32.2. The van der Waals surface area contributed by atoms with Crippen molar-refractivity contribution in [2.45, 2.75) is 39.0 Å². The van der Waals surface area contributed by atoms with Gasteiger partial charge in [-0.25, -0.2) is 8.42 Å². The molecule has 140 valence electrons. The summed E-state index contributed by atoms with van der Waals surface area (Å²) >= 11 is 1.75. The maximum absolute atomic E-state index is 12.2. The van der Waals surface area contributed by atoms with Gasteiger partial charge in [0.1, 0.15) is 0 Å². The Hall–Kier alpha value is -1.86. The van der Waals surface area contributed by atoms with E-state index in [-0.39, 0.29) is 11.7 Å². The van der Waals surface area contributed by atoms with Crippen molar-refractivity contribution in [2.75, 3.05) is 21.9 Å². The highest BCUT2D eigenvalue weighted by molar-refractivity contribution is 7.93. The van der Waals surface area contributed by atoms with Gasteiger partial charge in [-0.1, -0.05) is 12.1 Å². The Labute approximate surface area is 159 Å². The summed E-state index contributed by atoms with van der Waals surface area (Å²) in [5.74, 6) is 0.160. The van der Waals surface area contributed by atoms with E-state index in [2.05, 4.69) is 16.8 Å². The molecule has 5 nitrogen and oxygen atoms in total. The number of hydrogen-bond donors (Lipinski definition) is 1. The molecular weight excluding hydrogens is 368 g/mol. The van der Waals surface area contributed by atoms with E-state index in [1.54, 1.807) is 23.5 Å². The van der Waals surface area contributed by atoms with E-state index in [0.29, 0.717) is 30.8 Å². The fourth-order valence-electron chi connectivity index (χ4n) is 3.08. The molecule has 1 aliphatic rings. The molecule has 1 aromatic carbocycles. The van der Waals surface area contributed by atoms with Gasteiger partial charge < -0.3 is 5.32 Å². The Balaban J connectivity index is 1.56. The van der Waals surface area contributed by atoms with E-state index in [1.165, 1.54) is 9.18 Å². The molecule has 1 amide bonds. The Morgan fingerprint density at radius 1 is 1.27 bits per heavy atom. The average molecular weight is 393 g/mol. The fraction of sp³-hybridized carbons (Fsp3) is 0.421. The summed E-state index contributed by atoms with van der Waals surface area (Å²) < 4.78 is 25.6. The lowest BCUT2D eigenvalue weighted by Crippen LogP contribution is -2.25. The number of aryl methyl sites for hydroxylation is 2. The molecule has 0 unspecified atom stereocenters. The molecule has 0 bridgehead atoms. The summed E-state index contributed by atoms with van der Waals surface area (Å²) in [6.45, 7) is 2.41. The van der Waals surface area contributed by atoms with Crippen LogP contribution in [0.15, 0.2) is 35.7 Å². The lowest BCUT2D eigenvalue weighted by Gasteiger charge is -2.19. The van der Waals surface area contributed by atoms with E-state index < -0.39 is 10.0 Å². The Kier molecular flexibility index (Phi) is 5.98. The van der Waals surface area contributed by atoms with Crippen molar-refractivity contribution in [2.24, 2.45) is 0 Å². The lowest BCUT2D eigenvalue weighted by atomic mass is 10.1. The van der Waals surface area contributed by atoms with Crippen molar-refractivity contribution >= 4 is 38.6 Å². The molecule has 1 fully saturated rings. The number of nitrogens with one attached hydrogen (secondary N) is 1. The minimum Gasteiger partial charge on any atom is -0.326 e. The molecule has 26 heavy (non-hydrogen) atoms. The zero-order valence-corrected chi connectivity index (χ0v) is 16.5. The Morgan fingerprint density at radius 2 is 2.12 bits per heavy atom. The van der Waals surface area contributed by atoms with E-state index in [4.69, 9.17) is 0 Å². The zero-order chi connectivity index (χ0) is 18.6. The van der Waals surface area contributed by atoms with Crippen LogP contribution in [0.2, 0.25) is 0 Å². The predicted octanol–water partition coefficient (Wildman–Crippen LogP) is 3.95. The number of thiophene rings is 1. The van der Waals surface area contributed by atoms with E-state index in [0.717, 1.165) is 24.8 Å². The highest BCUT2D eigenvalue weighted by Gasteiger charge is 2.28. The van der Waals surface area contributed by atoms with Crippen molar-refractivity contribution in [3.05, 3.63) is 46.2 Å². The first-order valence-electron chi connectivity index (χ1n) is 8.89. The van der Waals surface area contributed by atoms with E-state index in [1.807, 2.05) is 19.1 Å². The molecular formula is C19H24N2O3S2. The molecule has 1 aliphatic heterocycles. The highest BCUT2D eigenvalue weighted by Crippen LogP contribution is 2.28. The van der Waals surface area contributed by atoms with Gasteiger partial charge in [-0.05, 0) is 61.7 Å². The maximum atomic E-state index is 12.2. The molecule has 2 aromatic rings. The maximum Gasteiger partial charge on any atom is 0.235 e. The van der Waals surface area contributed by atoms with Gasteiger partial charge in [-0.3, -0.25) is 9.10 Å². The van der Waals surface area contributed by atoms with Crippen LogP contribution in [0.5, 0.6) is 0 Å². The average Bonchev–Trinajstić information content (AvgIpc) is 3.23. The minimum absolute atomic E-state index is 0.0271. The van der Waals surface area contributed by atoms with Gasteiger partial charge in [0.15, 0.2) is 0 Å². The standard InChI is InChI=1S/C19H24N2O3S2/c1-15-9-10-16(21-11-5-13-26(21,23)24)14-18(15)20-19(22)8-3-2-6-17-7-4-12-25-17/h4,7,9-10,12,14H,2-3,5-6,8,11,13H2,1H3,(H,20,22).